The maximum absolute atomic E-state index is 11.8. The van der Waals surface area contributed by atoms with Crippen LogP contribution in [-0.2, 0) is 4.79 Å². The van der Waals surface area contributed by atoms with Crippen LogP contribution >= 0.6 is 11.6 Å². The minimum absolute atomic E-state index is 0.249. The lowest BCUT2D eigenvalue weighted by Gasteiger charge is -2.04. The summed E-state index contributed by atoms with van der Waals surface area (Å²) < 4.78 is 5.50. The molecule has 2 aromatic rings. The van der Waals surface area contributed by atoms with Gasteiger partial charge in [-0.3, -0.25) is 4.79 Å². The predicted molar refractivity (Wildman–Crippen MR) is 89.1 cm³/mol. The van der Waals surface area contributed by atoms with Crippen LogP contribution in [0.1, 0.15) is 18.9 Å². The number of rotatable bonds is 6. The van der Waals surface area contributed by atoms with Crippen LogP contribution < -0.4 is 10.1 Å². The summed E-state index contributed by atoms with van der Waals surface area (Å²) in [6.45, 7) is 2.76. The normalized spacial score (nSPS) is 10.6. The molecule has 0 unspecified atom stereocenters. The van der Waals surface area contributed by atoms with Gasteiger partial charge in [0.15, 0.2) is 0 Å². The van der Waals surface area contributed by atoms with Crippen molar-refractivity contribution in [3.63, 3.8) is 0 Å². The van der Waals surface area contributed by atoms with Gasteiger partial charge >= 0.3 is 0 Å². The van der Waals surface area contributed by atoms with E-state index in [1.54, 1.807) is 18.2 Å². The van der Waals surface area contributed by atoms with Crippen LogP contribution in [0.3, 0.4) is 0 Å². The van der Waals surface area contributed by atoms with Crippen LogP contribution in [0, 0.1) is 0 Å². The molecular formula is C17H17ClN2O2. The van der Waals surface area contributed by atoms with E-state index in [1.807, 2.05) is 24.3 Å². The average molecular weight is 317 g/mol. The zero-order valence-electron chi connectivity index (χ0n) is 12.3. The van der Waals surface area contributed by atoms with E-state index < -0.39 is 0 Å². The molecule has 0 spiro atoms. The van der Waals surface area contributed by atoms with Crippen molar-refractivity contribution in [1.82, 2.24) is 4.98 Å². The van der Waals surface area contributed by atoms with E-state index in [1.165, 1.54) is 12.3 Å². The average Bonchev–Trinajstić information content (AvgIpc) is 2.54. The first-order chi connectivity index (χ1) is 10.7. The molecule has 0 saturated heterocycles. The summed E-state index contributed by atoms with van der Waals surface area (Å²) in [5.74, 6) is 1.04. The van der Waals surface area contributed by atoms with Gasteiger partial charge in [0.05, 0.1) is 11.6 Å². The first-order valence-electron chi connectivity index (χ1n) is 7.01. The molecule has 4 nitrogen and oxygen atoms in total. The highest BCUT2D eigenvalue weighted by molar-refractivity contribution is 6.30. The van der Waals surface area contributed by atoms with Crippen LogP contribution in [0.25, 0.3) is 6.08 Å². The third-order valence-corrected chi connectivity index (χ3v) is 2.98. The van der Waals surface area contributed by atoms with Crippen LogP contribution in [0.4, 0.5) is 5.82 Å². The summed E-state index contributed by atoms with van der Waals surface area (Å²) in [6.07, 6.45) is 5.64. The van der Waals surface area contributed by atoms with Gasteiger partial charge in [0.2, 0.25) is 5.91 Å². The summed E-state index contributed by atoms with van der Waals surface area (Å²) in [5, 5.41) is 3.19. The molecule has 0 aliphatic carbocycles. The third kappa shape index (κ3) is 5.22. The Hall–Kier alpha value is -2.33. The van der Waals surface area contributed by atoms with Crippen LogP contribution in [0.5, 0.6) is 5.75 Å². The summed E-state index contributed by atoms with van der Waals surface area (Å²) in [5.41, 5.74) is 0.920. The molecule has 0 saturated carbocycles. The number of anilines is 1. The summed E-state index contributed by atoms with van der Waals surface area (Å²) in [7, 11) is 0. The largest absolute Gasteiger partial charge is 0.494 e. The number of amides is 1. The smallest absolute Gasteiger partial charge is 0.249 e. The molecule has 1 N–H and O–H groups in total. The molecule has 1 aromatic heterocycles. The van der Waals surface area contributed by atoms with Gasteiger partial charge in [0.1, 0.15) is 11.6 Å². The molecule has 0 aliphatic heterocycles. The van der Waals surface area contributed by atoms with Gasteiger partial charge in [-0.25, -0.2) is 4.98 Å². The lowest BCUT2D eigenvalue weighted by atomic mass is 10.2. The molecule has 1 amide bonds. The fourth-order valence-corrected chi connectivity index (χ4v) is 1.80. The van der Waals surface area contributed by atoms with E-state index in [4.69, 9.17) is 16.3 Å². The van der Waals surface area contributed by atoms with E-state index in [-0.39, 0.29) is 5.91 Å². The number of hydrogen-bond acceptors (Lipinski definition) is 3. The highest BCUT2D eigenvalue weighted by Gasteiger charge is 1.99. The topological polar surface area (TPSA) is 51.2 Å². The lowest BCUT2D eigenvalue weighted by Crippen LogP contribution is -2.08. The second kappa shape index (κ2) is 8.20. The molecule has 2 rings (SSSR count). The van der Waals surface area contributed by atoms with E-state index in [9.17, 15) is 4.79 Å². The second-order valence-corrected chi connectivity index (χ2v) is 5.04. The first kappa shape index (κ1) is 16.0. The van der Waals surface area contributed by atoms with Crippen LogP contribution in [0.2, 0.25) is 5.02 Å². The Labute approximate surface area is 134 Å². The molecule has 1 heterocycles. The summed E-state index contributed by atoms with van der Waals surface area (Å²) in [6, 6.07) is 10.9. The van der Waals surface area contributed by atoms with Gasteiger partial charge in [-0.1, -0.05) is 30.7 Å². The van der Waals surface area contributed by atoms with Crippen molar-refractivity contribution in [3.8, 4) is 5.75 Å². The molecule has 114 valence electrons. The van der Waals surface area contributed by atoms with Gasteiger partial charge < -0.3 is 10.1 Å². The molecule has 5 heteroatoms. The third-order valence-electron chi connectivity index (χ3n) is 2.76. The maximum Gasteiger partial charge on any atom is 0.249 e. The van der Waals surface area contributed by atoms with Gasteiger partial charge in [-0.05, 0) is 42.3 Å². The zero-order valence-corrected chi connectivity index (χ0v) is 13.0. The standard InChI is InChI=1S/C17H17ClN2O2/c1-2-11-22-15-7-3-13(4-8-15)5-10-17(21)20-16-9-6-14(18)12-19-16/h3-10,12H,2,11H2,1H3,(H,19,20,21)/b10-5+. The highest BCUT2D eigenvalue weighted by Crippen LogP contribution is 2.14. The predicted octanol–water partition coefficient (Wildman–Crippen LogP) is 4.18. The second-order valence-electron chi connectivity index (χ2n) is 4.60. The number of halogens is 1. The molecule has 0 fully saturated rings. The van der Waals surface area contributed by atoms with Gasteiger partial charge in [0.25, 0.3) is 0 Å². The number of hydrogen-bond donors (Lipinski definition) is 1. The Kier molecular flexibility index (Phi) is 5.98. The SMILES string of the molecule is CCCOc1ccc(/C=C/C(=O)Nc2ccc(Cl)cn2)cc1. The van der Waals surface area contributed by atoms with E-state index >= 15 is 0 Å². The number of nitrogens with zero attached hydrogens (tertiary/aromatic N) is 1. The Morgan fingerprint density at radius 1 is 1.27 bits per heavy atom. The Balaban J connectivity index is 1.90. The quantitative estimate of drug-likeness (QED) is 0.813. The van der Waals surface area contributed by atoms with E-state index in [0.717, 1.165) is 17.7 Å². The number of nitrogens with one attached hydrogen (secondary N) is 1. The van der Waals surface area contributed by atoms with Crippen molar-refractivity contribution in [2.24, 2.45) is 0 Å². The monoisotopic (exact) mass is 316 g/mol. The highest BCUT2D eigenvalue weighted by atomic mass is 35.5. The number of pyridine rings is 1. The van der Waals surface area contributed by atoms with Crippen LogP contribution in [0.15, 0.2) is 48.7 Å². The van der Waals surface area contributed by atoms with Gasteiger partial charge in [0, 0.05) is 12.3 Å². The molecule has 0 aliphatic rings. The molecule has 0 radical (unpaired) electrons. The number of aromatic nitrogens is 1. The Morgan fingerprint density at radius 3 is 2.68 bits per heavy atom. The fourth-order valence-electron chi connectivity index (χ4n) is 1.68. The number of carbonyl (C=O) groups is 1. The van der Waals surface area contributed by atoms with Crippen molar-refractivity contribution >= 4 is 29.4 Å². The van der Waals surface area contributed by atoms with Crippen LogP contribution in [-0.4, -0.2) is 17.5 Å². The minimum atomic E-state index is -0.249. The minimum Gasteiger partial charge on any atom is -0.494 e. The fraction of sp³-hybridized carbons (Fsp3) is 0.176. The van der Waals surface area contributed by atoms with Crippen molar-refractivity contribution < 1.29 is 9.53 Å². The molecule has 22 heavy (non-hydrogen) atoms. The Morgan fingerprint density at radius 2 is 2.05 bits per heavy atom. The summed E-state index contributed by atoms with van der Waals surface area (Å²) in [4.78, 5) is 15.8. The Bertz CT molecular complexity index is 637. The molecule has 1 aromatic carbocycles. The van der Waals surface area contributed by atoms with Gasteiger partial charge in [-0.2, -0.15) is 0 Å². The van der Waals surface area contributed by atoms with Crippen molar-refractivity contribution in [3.05, 3.63) is 59.3 Å². The molecular weight excluding hydrogens is 300 g/mol. The van der Waals surface area contributed by atoms with E-state index in [2.05, 4.69) is 17.2 Å². The number of carbonyl (C=O) groups excluding carboxylic acids is 1. The zero-order chi connectivity index (χ0) is 15.8. The summed E-state index contributed by atoms with van der Waals surface area (Å²) >= 11 is 5.73. The van der Waals surface area contributed by atoms with E-state index in [0.29, 0.717) is 17.4 Å². The van der Waals surface area contributed by atoms with Crippen molar-refractivity contribution in [1.29, 1.82) is 0 Å². The molecule has 0 atom stereocenters. The molecule has 0 bridgehead atoms. The number of ether oxygens (including phenoxy) is 1. The lowest BCUT2D eigenvalue weighted by molar-refractivity contribution is -0.111. The van der Waals surface area contributed by atoms with Crippen molar-refractivity contribution in [2.75, 3.05) is 11.9 Å². The maximum atomic E-state index is 11.8. The van der Waals surface area contributed by atoms with Gasteiger partial charge in [-0.15, -0.1) is 0 Å². The van der Waals surface area contributed by atoms with Crippen molar-refractivity contribution in [2.45, 2.75) is 13.3 Å². The first-order valence-corrected chi connectivity index (χ1v) is 7.38. The number of benzene rings is 1.